The molecule has 4 heteroatoms. The van der Waals surface area contributed by atoms with Gasteiger partial charge in [0, 0.05) is 9.26 Å². The normalized spacial score (nSPS) is 9.90. The lowest BCUT2D eigenvalue weighted by Gasteiger charge is -1.98. The molecule has 0 radical (unpaired) electrons. The van der Waals surface area contributed by atoms with E-state index in [9.17, 15) is 4.39 Å². The highest BCUT2D eigenvalue weighted by Gasteiger charge is 2.02. The van der Waals surface area contributed by atoms with E-state index in [1.54, 1.807) is 0 Å². The molecule has 0 aliphatic rings. The van der Waals surface area contributed by atoms with Crippen LogP contribution >= 0.6 is 34.2 Å². The first-order valence-electron chi connectivity index (χ1n) is 2.51. The van der Waals surface area contributed by atoms with E-state index < -0.39 is 5.82 Å². The van der Waals surface area contributed by atoms with Gasteiger partial charge in [-0.15, -0.1) is 0 Å². The third-order valence-electron chi connectivity index (χ3n) is 1.04. The van der Waals surface area contributed by atoms with Crippen LogP contribution in [0.4, 0.5) is 10.1 Å². The Morgan fingerprint density at radius 2 is 2.10 bits per heavy atom. The van der Waals surface area contributed by atoms with Crippen molar-refractivity contribution in [2.75, 3.05) is 5.73 Å². The predicted molar refractivity (Wildman–Crippen MR) is 48.5 cm³/mol. The van der Waals surface area contributed by atoms with Gasteiger partial charge in [0.1, 0.15) is 5.82 Å². The average molecular weight is 271 g/mol. The highest BCUT2D eigenvalue weighted by Crippen LogP contribution is 2.22. The molecule has 10 heavy (non-hydrogen) atoms. The molecule has 0 amide bonds. The number of hydrogen-bond acceptors (Lipinski definition) is 1. The molecule has 0 aliphatic heterocycles. The second-order valence-corrected chi connectivity index (χ2v) is 3.36. The van der Waals surface area contributed by atoms with Crippen molar-refractivity contribution in [3.8, 4) is 0 Å². The van der Waals surface area contributed by atoms with Crippen molar-refractivity contribution in [3.05, 3.63) is 26.5 Å². The van der Waals surface area contributed by atoms with Gasteiger partial charge in [-0.1, -0.05) is 11.6 Å². The lowest BCUT2D eigenvalue weighted by Crippen LogP contribution is -1.90. The van der Waals surface area contributed by atoms with Gasteiger partial charge in [-0.25, -0.2) is 4.39 Å². The summed E-state index contributed by atoms with van der Waals surface area (Å²) in [4.78, 5) is 0. The summed E-state index contributed by atoms with van der Waals surface area (Å²) in [7, 11) is 0. The van der Waals surface area contributed by atoms with E-state index in [2.05, 4.69) is 0 Å². The van der Waals surface area contributed by atoms with Crippen molar-refractivity contribution < 1.29 is 4.39 Å². The zero-order valence-electron chi connectivity index (χ0n) is 4.87. The van der Waals surface area contributed by atoms with Gasteiger partial charge in [0.15, 0.2) is 0 Å². The Balaban J connectivity index is 3.28. The first-order valence-corrected chi connectivity index (χ1v) is 3.97. The fraction of sp³-hybridized carbons (Fsp3) is 0. The molecule has 0 saturated carbocycles. The van der Waals surface area contributed by atoms with Gasteiger partial charge < -0.3 is 5.73 Å². The maximum absolute atomic E-state index is 12.5. The van der Waals surface area contributed by atoms with E-state index in [0.717, 1.165) is 3.57 Å². The minimum atomic E-state index is -0.473. The largest absolute Gasteiger partial charge is 0.398 e. The SMILES string of the molecule is Nc1cc(F)c(Cl)cc1I. The summed E-state index contributed by atoms with van der Waals surface area (Å²) in [6.07, 6.45) is 0. The van der Waals surface area contributed by atoms with Crippen molar-refractivity contribution in [2.24, 2.45) is 0 Å². The summed E-state index contributed by atoms with van der Waals surface area (Å²) in [6, 6.07) is 2.71. The maximum atomic E-state index is 12.5. The molecule has 1 aromatic rings. The summed E-state index contributed by atoms with van der Waals surface area (Å²) in [5.74, 6) is -0.473. The quantitative estimate of drug-likeness (QED) is 0.438. The summed E-state index contributed by atoms with van der Waals surface area (Å²) < 4.78 is 13.3. The fourth-order valence-electron chi connectivity index (χ4n) is 0.538. The Hall–Kier alpha value is -0.0300. The zero-order valence-corrected chi connectivity index (χ0v) is 7.78. The molecule has 0 spiro atoms. The molecule has 1 aromatic carbocycles. The van der Waals surface area contributed by atoms with Gasteiger partial charge in [-0.3, -0.25) is 0 Å². The maximum Gasteiger partial charge on any atom is 0.143 e. The van der Waals surface area contributed by atoms with Crippen LogP contribution in [0, 0.1) is 9.39 Å². The first-order chi connectivity index (χ1) is 4.61. The second-order valence-electron chi connectivity index (χ2n) is 1.79. The summed E-state index contributed by atoms with van der Waals surface area (Å²) in [5.41, 5.74) is 5.80. The van der Waals surface area contributed by atoms with Crippen LogP contribution in [-0.2, 0) is 0 Å². The Kier molecular flexibility index (Phi) is 2.36. The van der Waals surface area contributed by atoms with Crippen LogP contribution in [0.3, 0.4) is 0 Å². The highest BCUT2D eigenvalue weighted by atomic mass is 127. The van der Waals surface area contributed by atoms with E-state index >= 15 is 0 Å². The van der Waals surface area contributed by atoms with Crippen molar-refractivity contribution >= 4 is 39.9 Å². The van der Waals surface area contributed by atoms with Crippen molar-refractivity contribution in [3.63, 3.8) is 0 Å². The van der Waals surface area contributed by atoms with Gasteiger partial charge in [0.05, 0.1) is 5.02 Å². The number of halogens is 3. The van der Waals surface area contributed by atoms with Gasteiger partial charge in [-0.2, -0.15) is 0 Å². The monoisotopic (exact) mass is 271 g/mol. The number of benzene rings is 1. The second kappa shape index (κ2) is 2.92. The van der Waals surface area contributed by atoms with Crippen LogP contribution in [-0.4, -0.2) is 0 Å². The Labute approximate surface area is 76.5 Å². The van der Waals surface area contributed by atoms with Crippen molar-refractivity contribution in [1.29, 1.82) is 0 Å². The van der Waals surface area contributed by atoms with Crippen LogP contribution in [0.15, 0.2) is 12.1 Å². The summed E-state index contributed by atoms with van der Waals surface area (Å²) >= 11 is 7.44. The minimum Gasteiger partial charge on any atom is -0.398 e. The fourth-order valence-corrected chi connectivity index (χ4v) is 1.35. The Bertz CT molecular complexity index is 214. The zero-order chi connectivity index (χ0) is 7.72. The lowest BCUT2D eigenvalue weighted by molar-refractivity contribution is 0.628. The highest BCUT2D eigenvalue weighted by molar-refractivity contribution is 14.1. The molecule has 0 atom stereocenters. The molecule has 0 aliphatic carbocycles. The average Bonchev–Trinajstić information content (AvgIpc) is 1.84. The van der Waals surface area contributed by atoms with Gasteiger partial charge >= 0.3 is 0 Å². The van der Waals surface area contributed by atoms with Crippen molar-refractivity contribution in [1.82, 2.24) is 0 Å². The summed E-state index contributed by atoms with van der Waals surface area (Å²) in [5, 5.41) is 0.110. The van der Waals surface area contributed by atoms with Crippen LogP contribution in [0.2, 0.25) is 5.02 Å². The van der Waals surface area contributed by atoms with Crippen LogP contribution in [0.25, 0.3) is 0 Å². The standard InChI is InChI=1S/C6H4ClFIN/c7-3-1-5(9)6(10)2-4(3)8/h1-2H,10H2. The molecule has 0 saturated heterocycles. The third-order valence-corrected chi connectivity index (χ3v) is 2.26. The van der Waals surface area contributed by atoms with E-state index in [0.29, 0.717) is 5.69 Å². The van der Waals surface area contributed by atoms with Gasteiger partial charge in [-0.05, 0) is 34.7 Å². The van der Waals surface area contributed by atoms with E-state index in [4.69, 9.17) is 17.3 Å². The summed E-state index contributed by atoms with van der Waals surface area (Å²) in [6.45, 7) is 0. The molecule has 0 bridgehead atoms. The smallest absolute Gasteiger partial charge is 0.143 e. The van der Waals surface area contributed by atoms with Crippen LogP contribution in [0.5, 0.6) is 0 Å². The molecular weight excluding hydrogens is 267 g/mol. The van der Waals surface area contributed by atoms with E-state index in [1.165, 1.54) is 12.1 Å². The van der Waals surface area contributed by atoms with Crippen LogP contribution in [0.1, 0.15) is 0 Å². The topological polar surface area (TPSA) is 26.0 Å². The Morgan fingerprint density at radius 3 is 2.60 bits per heavy atom. The molecule has 0 heterocycles. The first kappa shape index (κ1) is 8.07. The van der Waals surface area contributed by atoms with Crippen LogP contribution < -0.4 is 5.73 Å². The number of nitrogens with two attached hydrogens (primary N) is 1. The predicted octanol–water partition coefficient (Wildman–Crippen LogP) is 2.67. The molecule has 2 N–H and O–H groups in total. The number of nitrogen functional groups attached to an aromatic ring is 1. The number of hydrogen-bond donors (Lipinski definition) is 1. The molecule has 1 rings (SSSR count). The molecular formula is C6H4ClFIN. The molecule has 0 aromatic heterocycles. The minimum absolute atomic E-state index is 0.110. The third kappa shape index (κ3) is 1.52. The molecule has 0 fully saturated rings. The van der Waals surface area contributed by atoms with Gasteiger partial charge in [0.25, 0.3) is 0 Å². The van der Waals surface area contributed by atoms with Crippen molar-refractivity contribution in [2.45, 2.75) is 0 Å². The molecule has 1 nitrogen and oxygen atoms in total. The Morgan fingerprint density at radius 1 is 1.50 bits per heavy atom. The van der Waals surface area contributed by atoms with E-state index in [-0.39, 0.29) is 5.02 Å². The van der Waals surface area contributed by atoms with E-state index in [1.807, 2.05) is 22.6 Å². The lowest BCUT2D eigenvalue weighted by atomic mass is 10.3. The number of rotatable bonds is 0. The molecule has 54 valence electrons. The molecule has 0 unspecified atom stereocenters. The number of anilines is 1. The van der Waals surface area contributed by atoms with Gasteiger partial charge in [0.2, 0.25) is 0 Å².